The Hall–Kier alpha value is -2.57. The lowest BCUT2D eigenvalue weighted by molar-refractivity contribution is -0.140. The molecule has 0 heterocycles. The van der Waals surface area contributed by atoms with Crippen molar-refractivity contribution >= 4 is 39.5 Å². The van der Waals surface area contributed by atoms with Gasteiger partial charge in [0.25, 0.3) is 0 Å². The third kappa shape index (κ3) is 8.06. The predicted octanol–water partition coefficient (Wildman–Crippen LogP) is 5.71. The molecule has 172 valence electrons. The molecule has 33 heavy (non-hydrogen) atoms. The monoisotopic (exact) mass is 524 g/mol. The molecule has 3 rings (SSSR count). The molecular weight excluding hydrogens is 496 g/mol. The standard InChI is InChI=1S/C27H29BrN2O2S/c1-2-29-27(32)25(19-21-10-5-3-6-11-21)30(20-22-12-9-13-23(28)18-22)26(31)16-17-33-24-14-7-4-8-15-24/h3-15,18,25H,2,16-17,19-20H2,1H3,(H,29,32)/t25-/m0/s1. The van der Waals surface area contributed by atoms with Crippen LogP contribution in [0.5, 0.6) is 0 Å². The van der Waals surface area contributed by atoms with Crippen molar-refractivity contribution < 1.29 is 9.59 Å². The maximum absolute atomic E-state index is 13.5. The SMILES string of the molecule is CCNC(=O)[C@H](Cc1ccccc1)N(Cc1cccc(Br)c1)C(=O)CCSc1ccccc1. The highest BCUT2D eigenvalue weighted by atomic mass is 79.9. The fourth-order valence-corrected chi connectivity index (χ4v) is 4.90. The van der Waals surface area contributed by atoms with E-state index in [9.17, 15) is 9.59 Å². The van der Waals surface area contributed by atoms with Crippen molar-refractivity contribution in [2.24, 2.45) is 0 Å². The van der Waals surface area contributed by atoms with Crippen molar-refractivity contribution in [3.8, 4) is 0 Å². The number of hydrogen-bond acceptors (Lipinski definition) is 3. The Morgan fingerprint density at radius 3 is 2.27 bits per heavy atom. The molecule has 2 amide bonds. The number of carbonyl (C=O) groups is 2. The number of carbonyl (C=O) groups excluding carboxylic acids is 2. The largest absolute Gasteiger partial charge is 0.355 e. The Balaban J connectivity index is 1.82. The van der Waals surface area contributed by atoms with Gasteiger partial charge in [0.1, 0.15) is 6.04 Å². The fourth-order valence-electron chi connectivity index (χ4n) is 3.59. The van der Waals surface area contributed by atoms with Crippen molar-refractivity contribution in [1.82, 2.24) is 10.2 Å². The highest BCUT2D eigenvalue weighted by Crippen LogP contribution is 2.21. The zero-order valence-electron chi connectivity index (χ0n) is 18.7. The van der Waals surface area contributed by atoms with E-state index in [-0.39, 0.29) is 11.8 Å². The van der Waals surface area contributed by atoms with Crippen LogP contribution in [0.2, 0.25) is 0 Å². The van der Waals surface area contributed by atoms with Crippen LogP contribution in [-0.4, -0.2) is 35.1 Å². The molecule has 0 fully saturated rings. The topological polar surface area (TPSA) is 49.4 Å². The van der Waals surface area contributed by atoms with Gasteiger partial charge in [0.2, 0.25) is 11.8 Å². The molecule has 6 heteroatoms. The summed E-state index contributed by atoms with van der Waals surface area (Å²) in [6.07, 6.45) is 0.830. The van der Waals surface area contributed by atoms with Crippen molar-refractivity contribution in [3.63, 3.8) is 0 Å². The molecular formula is C27H29BrN2O2S. The van der Waals surface area contributed by atoms with Crippen LogP contribution >= 0.6 is 27.7 Å². The molecule has 0 aromatic heterocycles. The minimum atomic E-state index is -0.583. The van der Waals surface area contributed by atoms with Crippen LogP contribution in [0.25, 0.3) is 0 Å². The van der Waals surface area contributed by atoms with Crippen LogP contribution in [0.1, 0.15) is 24.5 Å². The summed E-state index contributed by atoms with van der Waals surface area (Å²) in [6.45, 7) is 2.80. The second kappa shape index (κ2) is 13.2. The van der Waals surface area contributed by atoms with E-state index in [1.807, 2.05) is 91.9 Å². The van der Waals surface area contributed by atoms with Crippen molar-refractivity contribution in [3.05, 3.63) is 101 Å². The first-order chi connectivity index (χ1) is 16.1. The Kier molecular flexibility index (Phi) is 10.0. The van der Waals surface area contributed by atoms with E-state index >= 15 is 0 Å². The molecule has 4 nitrogen and oxygen atoms in total. The number of thioether (sulfide) groups is 1. The molecule has 3 aromatic carbocycles. The van der Waals surface area contributed by atoms with Gasteiger partial charge in [-0.25, -0.2) is 0 Å². The molecule has 0 aliphatic rings. The van der Waals surface area contributed by atoms with E-state index in [2.05, 4.69) is 21.2 Å². The van der Waals surface area contributed by atoms with E-state index in [1.54, 1.807) is 16.7 Å². The summed E-state index contributed by atoms with van der Waals surface area (Å²) < 4.78 is 0.949. The summed E-state index contributed by atoms with van der Waals surface area (Å²) in [5.41, 5.74) is 2.01. The van der Waals surface area contributed by atoms with E-state index in [1.165, 1.54) is 0 Å². The minimum Gasteiger partial charge on any atom is -0.355 e. The van der Waals surface area contributed by atoms with Crippen molar-refractivity contribution in [2.45, 2.75) is 37.2 Å². The van der Waals surface area contributed by atoms with Gasteiger partial charge in [0.15, 0.2) is 0 Å². The lowest BCUT2D eigenvalue weighted by Gasteiger charge is -2.31. The van der Waals surface area contributed by atoms with Crippen LogP contribution < -0.4 is 5.32 Å². The molecule has 1 N–H and O–H groups in total. The summed E-state index contributed by atoms with van der Waals surface area (Å²) in [6, 6.07) is 27.2. The minimum absolute atomic E-state index is 0.0226. The number of rotatable bonds is 11. The normalized spacial score (nSPS) is 11.6. The second-order valence-electron chi connectivity index (χ2n) is 7.66. The van der Waals surface area contributed by atoms with E-state index in [0.29, 0.717) is 31.7 Å². The van der Waals surface area contributed by atoms with Crippen LogP contribution in [0.4, 0.5) is 0 Å². The number of nitrogens with one attached hydrogen (secondary N) is 1. The highest BCUT2D eigenvalue weighted by Gasteiger charge is 2.29. The molecule has 0 saturated heterocycles. The Bertz CT molecular complexity index is 1030. The van der Waals surface area contributed by atoms with E-state index in [4.69, 9.17) is 0 Å². The van der Waals surface area contributed by atoms with E-state index < -0.39 is 6.04 Å². The van der Waals surface area contributed by atoms with Gasteiger partial charge in [-0.1, -0.05) is 76.6 Å². The third-order valence-corrected chi connectivity index (χ3v) is 6.70. The van der Waals surface area contributed by atoms with Gasteiger partial charge in [-0.05, 0) is 42.3 Å². The van der Waals surface area contributed by atoms with Crippen LogP contribution in [-0.2, 0) is 22.6 Å². The number of nitrogens with zero attached hydrogens (tertiary/aromatic N) is 1. The van der Waals surface area contributed by atoms with Gasteiger partial charge in [0, 0.05) is 41.1 Å². The van der Waals surface area contributed by atoms with Gasteiger partial charge >= 0.3 is 0 Å². The first-order valence-corrected chi connectivity index (χ1v) is 12.9. The summed E-state index contributed by atoms with van der Waals surface area (Å²) >= 11 is 5.17. The molecule has 0 aliphatic heterocycles. The maximum atomic E-state index is 13.5. The molecule has 0 unspecified atom stereocenters. The summed E-state index contributed by atoms with van der Waals surface area (Å²) in [7, 11) is 0. The first-order valence-electron chi connectivity index (χ1n) is 11.1. The number of amides is 2. The van der Waals surface area contributed by atoms with Crippen LogP contribution in [0.15, 0.2) is 94.3 Å². The third-order valence-electron chi connectivity index (χ3n) is 5.19. The fraction of sp³-hybridized carbons (Fsp3) is 0.259. The highest BCUT2D eigenvalue weighted by molar-refractivity contribution is 9.10. The molecule has 0 aliphatic carbocycles. The average molecular weight is 526 g/mol. The van der Waals surface area contributed by atoms with Gasteiger partial charge in [-0.2, -0.15) is 0 Å². The molecule has 0 bridgehead atoms. The maximum Gasteiger partial charge on any atom is 0.243 e. The molecule has 1 atom stereocenters. The van der Waals surface area contributed by atoms with Gasteiger partial charge in [-0.3, -0.25) is 9.59 Å². The number of hydrogen-bond donors (Lipinski definition) is 1. The Morgan fingerprint density at radius 2 is 1.61 bits per heavy atom. The second-order valence-corrected chi connectivity index (χ2v) is 9.75. The first kappa shape index (κ1) is 25.1. The zero-order chi connectivity index (χ0) is 23.5. The van der Waals surface area contributed by atoms with Crippen molar-refractivity contribution in [2.75, 3.05) is 12.3 Å². The molecule has 0 spiro atoms. The lowest BCUT2D eigenvalue weighted by Crippen LogP contribution is -2.50. The lowest BCUT2D eigenvalue weighted by atomic mass is 10.0. The number of likely N-dealkylation sites (N-methyl/N-ethyl adjacent to an activating group) is 1. The predicted molar refractivity (Wildman–Crippen MR) is 139 cm³/mol. The Labute approximate surface area is 208 Å². The molecule has 3 aromatic rings. The number of benzene rings is 3. The van der Waals surface area contributed by atoms with Crippen LogP contribution in [0.3, 0.4) is 0 Å². The van der Waals surface area contributed by atoms with Gasteiger partial charge in [-0.15, -0.1) is 11.8 Å². The Morgan fingerprint density at radius 1 is 0.939 bits per heavy atom. The molecule has 0 saturated carbocycles. The van der Waals surface area contributed by atoms with Gasteiger partial charge in [0.05, 0.1) is 0 Å². The summed E-state index contributed by atoms with van der Waals surface area (Å²) in [4.78, 5) is 29.5. The smallest absolute Gasteiger partial charge is 0.243 e. The number of halogens is 1. The van der Waals surface area contributed by atoms with Crippen molar-refractivity contribution in [1.29, 1.82) is 0 Å². The van der Waals surface area contributed by atoms with E-state index in [0.717, 1.165) is 20.5 Å². The molecule has 0 radical (unpaired) electrons. The average Bonchev–Trinajstić information content (AvgIpc) is 2.83. The summed E-state index contributed by atoms with van der Waals surface area (Å²) in [5, 5.41) is 2.93. The summed E-state index contributed by atoms with van der Waals surface area (Å²) in [5.74, 6) is 0.511. The zero-order valence-corrected chi connectivity index (χ0v) is 21.1. The van der Waals surface area contributed by atoms with Gasteiger partial charge < -0.3 is 10.2 Å². The quantitative estimate of drug-likeness (QED) is 0.327. The van der Waals surface area contributed by atoms with Crippen LogP contribution in [0, 0.1) is 0 Å².